The van der Waals surface area contributed by atoms with E-state index in [1.165, 1.54) is 16.8 Å². The molecule has 6 nitrogen and oxygen atoms in total. The van der Waals surface area contributed by atoms with Gasteiger partial charge < -0.3 is 15.4 Å². The van der Waals surface area contributed by atoms with Gasteiger partial charge in [-0.3, -0.25) is 9.67 Å². The van der Waals surface area contributed by atoms with Crippen LogP contribution >= 0.6 is 24.0 Å². The molecule has 0 aliphatic carbocycles. The molecule has 0 amide bonds. The van der Waals surface area contributed by atoms with Gasteiger partial charge in [-0.15, -0.1) is 24.0 Å². The third-order valence-electron chi connectivity index (χ3n) is 4.99. The lowest BCUT2D eigenvalue weighted by Gasteiger charge is -2.18. The molecule has 1 aromatic heterocycles. The van der Waals surface area contributed by atoms with E-state index in [4.69, 9.17) is 4.74 Å². The van der Waals surface area contributed by atoms with Gasteiger partial charge in [-0.25, -0.2) is 0 Å². The third kappa shape index (κ3) is 8.16. The summed E-state index contributed by atoms with van der Waals surface area (Å²) < 4.78 is 7.69. The van der Waals surface area contributed by atoms with Gasteiger partial charge in [-0.05, 0) is 62.8 Å². The fourth-order valence-electron chi connectivity index (χ4n) is 3.24. The Labute approximate surface area is 198 Å². The molecule has 0 saturated carbocycles. The zero-order valence-electron chi connectivity index (χ0n) is 19.5. The van der Waals surface area contributed by atoms with Crippen LogP contribution in [0.2, 0.25) is 0 Å². The van der Waals surface area contributed by atoms with E-state index in [1.54, 1.807) is 0 Å². The second-order valence-electron chi connectivity index (χ2n) is 8.12. The average molecular weight is 527 g/mol. The van der Waals surface area contributed by atoms with Crippen molar-refractivity contribution in [3.05, 3.63) is 46.8 Å². The van der Waals surface area contributed by atoms with Gasteiger partial charge >= 0.3 is 0 Å². The normalized spacial score (nSPS) is 12.5. The molecule has 0 saturated heterocycles. The maximum atomic E-state index is 5.74. The molecule has 30 heavy (non-hydrogen) atoms. The van der Waals surface area contributed by atoms with Crippen LogP contribution in [0.5, 0.6) is 5.75 Å². The molecule has 1 aromatic carbocycles. The van der Waals surface area contributed by atoms with E-state index in [0.29, 0.717) is 5.92 Å². The number of nitrogens with zero attached hydrogens (tertiary/aromatic N) is 3. The van der Waals surface area contributed by atoms with Crippen LogP contribution < -0.4 is 15.4 Å². The molecule has 2 N–H and O–H groups in total. The number of aryl methyl sites for hydroxylation is 2. The van der Waals surface area contributed by atoms with Gasteiger partial charge in [0.2, 0.25) is 0 Å². The van der Waals surface area contributed by atoms with E-state index in [-0.39, 0.29) is 30.0 Å². The summed E-state index contributed by atoms with van der Waals surface area (Å²) in [5.74, 6) is 2.29. The standard InChI is InChI=1S/C23H37N5O.HI/c1-16(2)15-29-21-10-8-20(9-11-21)12-13-25-23(24-6)26-17(3)14-22-18(4)27-28(7)19(22)5;/h8-11,16-17H,12-15H2,1-7H3,(H2,24,25,26);1H. The van der Waals surface area contributed by atoms with E-state index in [0.717, 1.165) is 43.4 Å². The van der Waals surface area contributed by atoms with Crippen molar-refractivity contribution in [2.75, 3.05) is 20.2 Å². The first-order valence-electron chi connectivity index (χ1n) is 10.5. The van der Waals surface area contributed by atoms with Gasteiger partial charge in [0.05, 0.1) is 12.3 Å². The topological polar surface area (TPSA) is 63.5 Å². The Kier molecular flexibility index (Phi) is 11.2. The van der Waals surface area contributed by atoms with Crippen LogP contribution in [0.15, 0.2) is 29.3 Å². The van der Waals surface area contributed by atoms with E-state index >= 15 is 0 Å². The number of benzene rings is 1. The maximum Gasteiger partial charge on any atom is 0.191 e. The highest BCUT2D eigenvalue weighted by Crippen LogP contribution is 2.15. The molecule has 7 heteroatoms. The summed E-state index contributed by atoms with van der Waals surface area (Å²) in [6.07, 6.45) is 1.85. The Hall–Kier alpha value is -1.77. The number of guanidine groups is 1. The third-order valence-corrected chi connectivity index (χ3v) is 4.99. The Balaban J connectivity index is 0.00000450. The molecule has 2 aromatic rings. The molecular formula is C23H38IN5O. The second kappa shape index (κ2) is 12.8. The minimum Gasteiger partial charge on any atom is -0.493 e. The number of aromatic nitrogens is 2. The number of aliphatic imine (C=N–C) groups is 1. The van der Waals surface area contributed by atoms with Crippen molar-refractivity contribution in [2.45, 2.75) is 53.5 Å². The monoisotopic (exact) mass is 527 g/mol. The summed E-state index contributed by atoms with van der Waals surface area (Å²) in [6.45, 7) is 12.2. The van der Waals surface area contributed by atoms with Gasteiger partial charge in [0, 0.05) is 32.4 Å². The smallest absolute Gasteiger partial charge is 0.191 e. The lowest BCUT2D eigenvalue weighted by Crippen LogP contribution is -2.43. The van der Waals surface area contributed by atoms with Gasteiger partial charge in [0.15, 0.2) is 5.96 Å². The minimum absolute atomic E-state index is 0. The summed E-state index contributed by atoms with van der Waals surface area (Å²) in [4.78, 5) is 4.36. The summed E-state index contributed by atoms with van der Waals surface area (Å²) in [5.41, 5.74) is 4.91. The number of hydrogen-bond acceptors (Lipinski definition) is 3. The van der Waals surface area contributed by atoms with Crippen molar-refractivity contribution < 1.29 is 4.74 Å². The molecule has 168 valence electrons. The Morgan fingerprint density at radius 1 is 1.17 bits per heavy atom. The van der Waals surface area contributed by atoms with Crippen molar-refractivity contribution >= 4 is 29.9 Å². The number of rotatable bonds is 9. The van der Waals surface area contributed by atoms with Crippen LogP contribution in [0, 0.1) is 19.8 Å². The van der Waals surface area contributed by atoms with Crippen molar-refractivity contribution in [1.29, 1.82) is 0 Å². The van der Waals surface area contributed by atoms with Crippen LogP contribution in [0.3, 0.4) is 0 Å². The highest BCUT2D eigenvalue weighted by Gasteiger charge is 2.14. The van der Waals surface area contributed by atoms with Crippen LogP contribution in [0.4, 0.5) is 0 Å². The fourth-order valence-corrected chi connectivity index (χ4v) is 3.24. The van der Waals surface area contributed by atoms with E-state index in [2.05, 4.69) is 67.5 Å². The second-order valence-corrected chi connectivity index (χ2v) is 8.12. The van der Waals surface area contributed by atoms with Gasteiger partial charge in [0.25, 0.3) is 0 Å². The molecule has 1 unspecified atom stereocenters. The van der Waals surface area contributed by atoms with E-state index < -0.39 is 0 Å². The van der Waals surface area contributed by atoms with Crippen molar-refractivity contribution in [3.8, 4) is 5.75 Å². The Morgan fingerprint density at radius 3 is 2.37 bits per heavy atom. The Bertz CT molecular complexity index is 799. The molecule has 0 fully saturated rings. The molecule has 0 bridgehead atoms. The molecule has 0 aliphatic heterocycles. The summed E-state index contributed by atoms with van der Waals surface area (Å²) >= 11 is 0. The molecule has 0 aliphatic rings. The van der Waals surface area contributed by atoms with E-state index in [9.17, 15) is 0 Å². The Morgan fingerprint density at radius 2 is 1.83 bits per heavy atom. The zero-order valence-corrected chi connectivity index (χ0v) is 21.8. The molecule has 0 radical (unpaired) electrons. The summed E-state index contributed by atoms with van der Waals surface area (Å²) in [6, 6.07) is 8.62. The van der Waals surface area contributed by atoms with Crippen LogP contribution in [0.1, 0.15) is 43.3 Å². The number of ether oxygens (including phenoxy) is 1. The van der Waals surface area contributed by atoms with Crippen LogP contribution in [-0.2, 0) is 19.9 Å². The van der Waals surface area contributed by atoms with Gasteiger partial charge in [-0.1, -0.05) is 26.0 Å². The minimum atomic E-state index is 0. The SMILES string of the molecule is CN=C(NCCc1ccc(OCC(C)C)cc1)NC(C)Cc1c(C)nn(C)c1C.I. The lowest BCUT2D eigenvalue weighted by molar-refractivity contribution is 0.271. The molecule has 0 spiro atoms. The largest absolute Gasteiger partial charge is 0.493 e. The first kappa shape index (κ1) is 26.3. The predicted molar refractivity (Wildman–Crippen MR) is 136 cm³/mol. The summed E-state index contributed by atoms with van der Waals surface area (Å²) in [7, 11) is 3.80. The molecule has 1 atom stereocenters. The quantitative estimate of drug-likeness (QED) is 0.294. The average Bonchev–Trinajstić information content (AvgIpc) is 2.92. The van der Waals surface area contributed by atoms with Gasteiger partial charge in [0.1, 0.15) is 5.75 Å². The van der Waals surface area contributed by atoms with Crippen molar-refractivity contribution in [3.63, 3.8) is 0 Å². The van der Waals surface area contributed by atoms with E-state index in [1.807, 2.05) is 30.9 Å². The number of nitrogens with one attached hydrogen (secondary N) is 2. The van der Waals surface area contributed by atoms with Crippen molar-refractivity contribution in [1.82, 2.24) is 20.4 Å². The number of hydrogen-bond donors (Lipinski definition) is 2. The van der Waals surface area contributed by atoms with Crippen molar-refractivity contribution in [2.24, 2.45) is 18.0 Å². The predicted octanol–water partition coefficient (Wildman–Crippen LogP) is 4.03. The van der Waals surface area contributed by atoms with Gasteiger partial charge in [-0.2, -0.15) is 5.10 Å². The molecular weight excluding hydrogens is 489 g/mol. The van der Waals surface area contributed by atoms with Crippen LogP contribution in [-0.4, -0.2) is 42.0 Å². The molecule has 2 rings (SSSR count). The first-order chi connectivity index (χ1) is 13.8. The molecule has 1 heterocycles. The van der Waals surface area contributed by atoms with Crippen LogP contribution in [0.25, 0.3) is 0 Å². The fraction of sp³-hybridized carbons (Fsp3) is 0.565. The zero-order chi connectivity index (χ0) is 21.4. The maximum absolute atomic E-state index is 5.74. The summed E-state index contributed by atoms with van der Waals surface area (Å²) in [5, 5.41) is 11.4. The highest BCUT2D eigenvalue weighted by atomic mass is 127. The first-order valence-corrected chi connectivity index (χ1v) is 10.5. The lowest BCUT2D eigenvalue weighted by atomic mass is 10.1. The highest BCUT2D eigenvalue weighted by molar-refractivity contribution is 14.0. The number of halogens is 1.